The molecule has 0 amide bonds. The number of sulfonamides is 1. The molecule has 0 fully saturated rings. The number of aryl methyl sites for hydroxylation is 1. The summed E-state index contributed by atoms with van der Waals surface area (Å²) in [4.78, 5) is 4.11. The van der Waals surface area contributed by atoms with Gasteiger partial charge in [-0.05, 0) is 48.4 Å². The predicted molar refractivity (Wildman–Crippen MR) is 97.0 cm³/mol. The standard InChI is InChI=1S/C18H18FN3O4S/c1-25-16-4-2-3-13(11-16)9-10-27(23,24)20-12-17-21-18(22-26-17)14-5-7-15(19)8-6-14/h2-8,11,20H,9-10,12H2,1H3. The van der Waals surface area contributed by atoms with E-state index in [1.165, 1.54) is 24.3 Å². The molecule has 0 aliphatic rings. The second-order valence-electron chi connectivity index (χ2n) is 5.76. The Hall–Kier alpha value is -2.78. The predicted octanol–water partition coefficient (Wildman–Crippen LogP) is 2.55. The van der Waals surface area contributed by atoms with Gasteiger partial charge in [0.1, 0.15) is 11.6 Å². The van der Waals surface area contributed by atoms with Crippen molar-refractivity contribution >= 4 is 10.0 Å². The Bertz CT molecular complexity index is 1000. The number of ether oxygens (including phenoxy) is 1. The highest BCUT2D eigenvalue weighted by Crippen LogP contribution is 2.16. The molecule has 0 saturated carbocycles. The van der Waals surface area contributed by atoms with Crippen LogP contribution in [0.3, 0.4) is 0 Å². The lowest BCUT2D eigenvalue weighted by atomic mass is 10.2. The van der Waals surface area contributed by atoms with Crippen molar-refractivity contribution in [3.05, 3.63) is 65.8 Å². The third kappa shape index (κ3) is 5.35. The first kappa shape index (κ1) is 19.0. The molecule has 3 rings (SSSR count). The van der Waals surface area contributed by atoms with Crippen LogP contribution in [0.15, 0.2) is 53.1 Å². The summed E-state index contributed by atoms with van der Waals surface area (Å²) in [5.74, 6) is 0.613. The Labute approximate surface area is 156 Å². The highest BCUT2D eigenvalue weighted by atomic mass is 32.2. The summed E-state index contributed by atoms with van der Waals surface area (Å²) in [6.45, 7) is -0.116. The molecule has 0 spiro atoms. The van der Waals surface area contributed by atoms with Crippen molar-refractivity contribution < 1.29 is 22.1 Å². The van der Waals surface area contributed by atoms with Gasteiger partial charge in [-0.1, -0.05) is 17.3 Å². The number of aromatic nitrogens is 2. The molecular weight excluding hydrogens is 373 g/mol. The molecule has 0 aliphatic carbocycles. The molecule has 0 radical (unpaired) electrons. The van der Waals surface area contributed by atoms with Gasteiger partial charge in [-0.3, -0.25) is 0 Å². The van der Waals surface area contributed by atoms with E-state index < -0.39 is 10.0 Å². The summed E-state index contributed by atoms with van der Waals surface area (Å²) in [5.41, 5.74) is 1.43. The van der Waals surface area contributed by atoms with Crippen LogP contribution in [0.2, 0.25) is 0 Å². The first-order valence-electron chi connectivity index (χ1n) is 8.14. The molecule has 0 aliphatic heterocycles. The van der Waals surface area contributed by atoms with Crippen LogP contribution in [0.1, 0.15) is 11.5 Å². The van der Waals surface area contributed by atoms with Crippen molar-refractivity contribution in [1.29, 1.82) is 0 Å². The number of hydrogen-bond acceptors (Lipinski definition) is 6. The molecule has 0 saturated heterocycles. The van der Waals surface area contributed by atoms with Crippen LogP contribution in [0.5, 0.6) is 5.75 Å². The van der Waals surface area contributed by atoms with Crippen molar-refractivity contribution in [1.82, 2.24) is 14.9 Å². The number of nitrogens with one attached hydrogen (secondary N) is 1. The first-order valence-corrected chi connectivity index (χ1v) is 9.79. The number of nitrogens with zero attached hydrogens (tertiary/aromatic N) is 2. The van der Waals surface area contributed by atoms with Crippen molar-refractivity contribution in [2.75, 3.05) is 12.9 Å². The van der Waals surface area contributed by atoms with Gasteiger partial charge in [-0.25, -0.2) is 17.5 Å². The Morgan fingerprint density at radius 3 is 2.70 bits per heavy atom. The molecule has 0 unspecified atom stereocenters. The van der Waals surface area contributed by atoms with E-state index in [1.54, 1.807) is 19.2 Å². The molecule has 7 nitrogen and oxygen atoms in total. The van der Waals surface area contributed by atoms with Crippen molar-refractivity contribution in [3.8, 4) is 17.1 Å². The number of hydrogen-bond donors (Lipinski definition) is 1. The van der Waals surface area contributed by atoms with E-state index in [0.29, 0.717) is 17.7 Å². The van der Waals surface area contributed by atoms with Crippen LogP contribution in [0.25, 0.3) is 11.4 Å². The molecule has 9 heteroatoms. The molecule has 1 heterocycles. The monoisotopic (exact) mass is 391 g/mol. The smallest absolute Gasteiger partial charge is 0.242 e. The molecule has 27 heavy (non-hydrogen) atoms. The van der Waals surface area contributed by atoms with Gasteiger partial charge in [0.05, 0.1) is 19.4 Å². The summed E-state index contributed by atoms with van der Waals surface area (Å²) < 4.78 is 49.9. The zero-order valence-corrected chi connectivity index (χ0v) is 15.4. The molecular formula is C18H18FN3O4S. The normalized spacial score (nSPS) is 11.5. The van der Waals surface area contributed by atoms with Gasteiger partial charge >= 0.3 is 0 Å². The van der Waals surface area contributed by atoms with Crippen LogP contribution < -0.4 is 9.46 Å². The van der Waals surface area contributed by atoms with E-state index in [0.717, 1.165) is 5.56 Å². The van der Waals surface area contributed by atoms with Crippen LogP contribution in [0, 0.1) is 5.82 Å². The van der Waals surface area contributed by atoms with Gasteiger partial charge in [0.25, 0.3) is 0 Å². The summed E-state index contributed by atoms with van der Waals surface area (Å²) >= 11 is 0. The lowest BCUT2D eigenvalue weighted by Crippen LogP contribution is -2.27. The van der Waals surface area contributed by atoms with E-state index in [2.05, 4.69) is 14.9 Å². The van der Waals surface area contributed by atoms with E-state index >= 15 is 0 Å². The van der Waals surface area contributed by atoms with Crippen LogP contribution in [-0.4, -0.2) is 31.4 Å². The summed E-state index contributed by atoms with van der Waals surface area (Å²) in [6, 6.07) is 12.8. The van der Waals surface area contributed by atoms with Crippen molar-refractivity contribution in [2.45, 2.75) is 13.0 Å². The third-order valence-electron chi connectivity index (χ3n) is 3.81. The Kier molecular flexibility index (Phi) is 5.82. The lowest BCUT2D eigenvalue weighted by Gasteiger charge is -2.06. The Morgan fingerprint density at radius 1 is 1.19 bits per heavy atom. The van der Waals surface area contributed by atoms with E-state index in [1.807, 2.05) is 12.1 Å². The highest BCUT2D eigenvalue weighted by molar-refractivity contribution is 7.89. The van der Waals surface area contributed by atoms with Gasteiger partial charge in [0.2, 0.25) is 21.7 Å². The third-order valence-corrected chi connectivity index (χ3v) is 5.13. The van der Waals surface area contributed by atoms with Crippen molar-refractivity contribution in [3.63, 3.8) is 0 Å². The minimum absolute atomic E-state index is 0.0842. The van der Waals surface area contributed by atoms with E-state index in [4.69, 9.17) is 9.26 Å². The lowest BCUT2D eigenvalue weighted by molar-refractivity contribution is 0.376. The van der Waals surface area contributed by atoms with Gasteiger partial charge in [-0.2, -0.15) is 4.98 Å². The number of halogens is 1. The maximum atomic E-state index is 12.9. The largest absolute Gasteiger partial charge is 0.497 e. The number of benzene rings is 2. The summed E-state index contributed by atoms with van der Waals surface area (Å²) in [7, 11) is -1.97. The second kappa shape index (κ2) is 8.28. The van der Waals surface area contributed by atoms with E-state index in [9.17, 15) is 12.8 Å². The molecule has 1 aromatic heterocycles. The van der Waals surface area contributed by atoms with Crippen LogP contribution in [0.4, 0.5) is 4.39 Å². The van der Waals surface area contributed by atoms with Gasteiger partial charge < -0.3 is 9.26 Å². The maximum absolute atomic E-state index is 12.9. The van der Waals surface area contributed by atoms with Gasteiger partial charge in [0.15, 0.2) is 0 Å². The average molecular weight is 391 g/mol. The Balaban J connectivity index is 1.56. The van der Waals surface area contributed by atoms with Gasteiger partial charge in [-0.15, -0.1) is 0 Å². The number of rotatable bonds is 8. The van der Waals surface area contributed by atoms with Crippen LogP contribution in [-0.2, 0) is 23.0 Å². The average Bonchev–Trinajstić information content (AvgIpc) is 3.15. The molecule has 0 atom stereocenters. The Morgan fingerprint density at radius 2 is 1.96 bits per heavy atom. The molecule has 142 valence electrons. The molecule has 0 bridgehead atoms. The minimum Gasteiger partial charge on any atom is -0.497 e. The van der Waals surface area contributed by atoms with E-state index in [-0.39, 0.29) is 29.8 Å². The van der Waals surface area contributed by atoms with Crippen molar-refractivity contribution in [2.24, 2.45) is 0 Å². The first-order chi connectivity index (χ1) is 12.9. The summed E-state index contributed by atoms with van der Waals surface area (Å²) in [5, 5.41) is 3.77. The van der Waals surface area contributed by atoms with Crippen LogP contribution >= 0.6 is 0 Å². The highest BCUT2D eigenvalue weighted by Gasteiger charge is 2.14. The topological polar surface area (TPSA) is 94.3 Å². The summed E-state index contributed by atoms with van der Waals surface area (Å²) in [6.07, 6.45) is 0.344. The molecule has 2 aromatic carbocycles. The fourth-order valence-corrected chi connectivity index (χ4v) is 3.36. The fourth-order valence-electron chi connectivity index (χ4n) is 2.37. The molecule has 1 N–H and O–H groups in total. The quantitative estimate of drug-likeness (QED) is 0.634. The zero-order chi connectivity index (χ0) is 19.3. The fraction of sp³-hybridized carbons (Fsp3) is 0.222. The second-order valence-corrected chi connectivity index (χ2v) is 7.69. The zero-order valence-electron chi connectivity index (χ0n) is 14.6. The molecule has 3 aromatic rings. The van der Waals surface area contributed by atoms with Gasteiger partial charge in [0, 0.05) is 5.56 Å². The number of methoxy groups -OCH3 is 1. The maximum Gasteiger partial charge on any atom is 0.242 e. The SMILES string of the molecule is COc1cccc(CCS(=O)(=O)NCc2nc(-c3ccc(F)cc3)no2)c1. The minimum atomic E-state index is -3.53.